The van der Waals surface area contributed by atoms with Gasteiger partial charge in [0.05, 0.1) is 12.9 Å². The molecule has 0 aliphatic carbocycles. The first kappa shape index (κ1) is 28.6. The van der Waals surface area contributed by atoms with Gasteiger partial charge in [-0.25, -0.2) is 23.8 Å². The maximum atomic E-state index is 15.4. The first-order valence-electron chi connectivity index (χ1n) is 11.2. The van der Waals surface area contributed by atoms with Gasteiger partial charge in [0, 0.05) is 18.9 Å². The number of nitrogens with zero attached hydrogens (tertiary/aromatic N) is 4. The zero-order valence-electron chi connectivity index (χ0n) is 20.4. The molecule has 4 rings (SSSR count). The number of halogens is 2. The zero-order valence-corrected chi connectivity index (χ0v) is 21.1. The number of aliphatic hydroxyl groups is 1. The van der Waals surface area contributed by atoms with E-state index in [0.717, 1.165) is 18.0 Å². The summed E-state index contributed by atoms with van der Waals surface area (Å²) in [4.78, 5) is 47.0. The highest BCUT2D eigenvalue weighted by molar-refractivity contribution is 6.28. The van der Waals surface area contributed by atoms with E-state index < -0.39 is 55.0 Å². The summed E-state index contributed by atoms with van der Waals surface area (Å²) >= 11 is 5.78. The Hall–Kier alpha value is -4.38. The van der Waals surface area contributed by atoms with E-state index in [1.165, 1.54) is 24.3 Å². The van der Waals surface area contributed by atoms with E-state index >= 15 is 4.39 Å². The molecule has 0 saturated heterocycles. The van der Waals surface area contributed by atoms with Crippen LogP contribution in [0.25, 0.3) is 22.1 Å². The van der Waals surface area contributed by atoms with Crippen molar-refractivity contribution in [2.24, 2.45) is 0 Å². The number of anilines is 1. The van der Waals surface area contributed by atoms with Crippen molar-refractivity contribution >= 4 is 57.5 Å². The van der Waals surface area contributed by atoms with Gasteiger partial charge in [0.1, 0.15) is 23.3 Å². The molecule has 3 atom stereocenters. The number of benzene rings is 1. The van der Waals surface area contributed by atoms with Gasteiger partial charge in [0.25, 0.3) is 5.60 Å². The van der Waals surface area contributed by atoms with E-state index in [9.17, 15) is 29.7 Å². The van der Waals surface area contributed by atoms with E-state index in [1.54, 1.807) is 0 Å². The lowest BCUT2D eigenvalue weighted by molar-refractivity contribution is -0.192. The Bertz CT molecular complexity index is 1590. The van der Waals surface area contributed by atoms with Gasteiger partial charge < -0.3 is 40.1 Å². The van der Waals surface area contributed by atoms with E-state index in [0.29, 0.717) is 0 Å². The summed E-state index contributed by atoms with van der Waals surface area (Å²) in [5.74, 6) is -5.61. The minimum absolute atomic E-state index is 0.00491. The molecule has 17 heteroatoms. The van der Waals surface area contributed by atoms with Crippen LogP contribution in [-0.2, 0) is 25.5 Å². The topological polar surface area (TPSA) is 233 Å². The molecule has 3 aromatic heterocycles. The molecule has 0 fully saturated rings. The van der Waals surface area contributed by atoms with Crippen LogP contribution in [0.2, 0.25) is 5.28 Å². The first-order valence-corrected chi connectivity index (χ1v) is 11.6. The average molecular weight is 582 g/mol. The van der Waals surface area contributed by atoms with Gasteiger partial charge in [-0.2, -0.15) is 9.97 Å². The third kappa shape index (κ3) is 5.24. The molecule has 0 bridgehead atoms. The standard InChI is InChI=1S/C23H21ClFN5O10/c1-38-13(15(31)16(25)30-8-27-14-17(26)28-22(24)29-18(14)30)7-39-23(20(34)35,21(36)37)6-9-2-3-11-10(4-9)5-12(40-11)19(32)33/h2-5,8,13,15-16,31H,6-7H2,1H3,(H,32,33)(H,34,35)(H,36,37)(H2,26,28,29)/t13-,15-,16-/m1/s1. The molecule has 1 aromatic carbocycles. The highest BCUT2D eigenvalue weighted by Gasteiger charge is 2.49. The second kappa shape index (κ2) is 11.0. The maximum Gasteiger partial charge on any atom is 0.371 e. The van der Waals surface area contributed by atoms with Crippen LogP contribution in [0.4, 0.5) is 10.2 Å². The largest absolute Gasteiger partial charge is 0.479 e. The number of aromatic carboxylic acids is 1. The number of rotatable bonds is 12. The fourth-order valence-electron chi connectivity index (χ4n) is 3.98. The minimum Gasteiger partial charge on any atom is -0.479 e. The van der Waals surface area contributed by atoms with Crippen molar-refractivity contribution in [2.75, 3.05) is 19.5 Å². The number of carboxylic acids is 3. The van der Waals surface area contributed by atoms with Gasteiger partial charge in [-0.15, -0.1) is 0 Å². The molecular formula is C23H21ClFN5O10. The predicted octanol–water partition coefficient (Wildman–Crippen LogP) is 1.52. The Labute approximate surface area is 227 Å². The molecule has 0 spiro atoms. The van der Waals surface area contributed by atoms with Gasteiger partial charge in [0.2, 0.25) is 17.3 Å². The van der Waals surface area contributed by atoms with Crippen LogP contribution >= 0.6 is 11.6 Å². The summed E-state index contributed by atoms with van der Waals surface area (Å²) in [5, 5.41) is 39.5. The summed E-state index contributed by atoms with van der Waals surface area (Å²) in [6.45, 7) is -0.877. The van der Waals surface area contributed by atoms with Crippen LogP contribution < -0.4 is 5.73 Å². The fourth-order valence-corrected chi connectivity index (χ4v) is 4.15. The molecule has 0 radical (unpaired) electrons. The lowest BCUT2D eigenvalue weighted by Gasteiger charge is -2.30. The van der Waals surface area contributed by atoms with Crippen molar-refractivity contribution < 1.29 is 53.1 Å². The minimum atomic E-state index is -2.90. The number of carboxylic acid groups (broad SMARTS) is 3. The third-order valence-electron chi connectivity index (χ3n) is 6.08. The molecule has 6 N–H and O–H groups in total. The molecule has 40 heavy (non-hydrogen) atoms. The summed E-state index contributed by atoms with van der Waals surface area (Å²) in [5.41, 5.74) is 2.99. The maximum absolute atomic E-state index is 15.4. The SMILES string of the molecule is CO[C@H](COC(Cc1ccc2oc(C(=O)O)cc2c1)(C(=O)O)C(=O)O)[C@@H](O)[C@H](F)n1cnc2c(N)nc(Cl)nc21. The van der Waals surface area contributed by atoms with Crippen LogP contribution in [0.5, 0.6) is 0 Å². The summed E-state index contributed by atoms with van der Waals surface area (Å²) in [6.07, 6.45) is -5.65. The normalized spacial score (nSPS) is 14.3. The summed E-state index contributed by atoms with van der Waals surface area (Å²) < 4.78 is 31.8. The molecule has 0 aliphatic rings. The number of nitrogens with two attached hydrogens (primary N) is 1. The second-order valence-corrected chi connectivity index (χ2v) is 8.89. The number of ether oxygens (including phenoxy) is 2. The Morgan fingerprint density at radius 3 is 2.52 bits per heavy atom. The van der Waals surface area contributed by atoms with Crippen LogP contribution in [0.1, 0.15) is 22.4 Å². The molecule has 0 aliphatic heterocycles. The van der Waals surface area contributed by atoms with Gasteiger partial charge in [0.15, 0.2) is 11.5 Å². The van der Waals surface area contributed by atoms with Crippen molar-refractivity contribution in [1.82, 2.24) is 19.5 Å². The smallest absolute Gasteiger partial charge is 0.371 e. The van der Waals surface area contributed by atoms with Crippen molar-refractivity contribution in [3.05, 3.63) is 47.2 Å². The van der Waals surface area contributed by atoms with Gasteiger partial charge in [-0.3, -0.25) is 4.57 Å². The lowest BCUT2D eigenvalue weighted by atomic mass is 9.93. The number of nitrogen functional groups attached to an aromatic ring is 1. The van der Waals surface area contributed by atoms with E-state index in [-0.39, 0.29) is 44.6 Å². The second-order valence-electron chi connectivity index (χ2n) is 8.55. The molecule has 212 valence electrons. The van der Waals surface area contributed by atoms with Crippen LogP contribution in [0.15, 0.2) is 35.0 Å². The number of hydrogen-bond donors (Lipinski definition) is 5. The van der Waals surface area contributed by atoms with E-state index in [2.05, 4.69) is 15.0 Å². The summed E-state index contributed by atoms with van der Waals surface area (Å²) in [7, 11) is 1.07. The number of imidazole rings is 1. The van der Waals surface area contributed by atoms with Crippen LogP contribution in [0, 0.1) is 0 Å². The number of carbonyl (C=O) groups is 3. The third-order valence-corrected chi connectivity index (χ3v) is 6.25. The Balaban J connectivity index is 1.58. The number of hydrogen-bond acceptors (Lipinski definition) is 11. The molecule has 0 amide bonds. The lowest BCUT2D eigenvalue weighted by Crippen LogP contribution is -2.53. The van der Waals surface area contributed by atoms with Gasteiger partial charge >= 0.3 is 17.9 Å². The van der Waals surface area contributed by atoms with E-state index in [1.807, 2.05) is 0 Å². The van der Waals surface area contributed by atoms with Crippen molar-refractivity contribution in [3.8, 4) is 0 Å². The number of furan rings is 1. The van der Waals surface area contributed by atoms with Crippen molar-refractivity contribution in [1.29, 1.82) is 0 Å². The highest BCUT2D eigenvalue weighted by atomic mass is 35.5. The van der Waals surface area contributed by atoms with Crippen molar-refractivity contribution in [3.63, 3.8) is 0 Å². The Morgan fingerprint density at radius 2 is 1.90 bits per heavy atom. The Morgan fingerprint density at radius 1 is 1.20 bits per heavy atom. The molecular weight excluding hydrogens is 561 g/mol. The molecule has 3 heterocycles. The predicted molar refractivity (Wildman–Crippen MR) is 133 cm³/mol. The Kier molecular flexibility index (Phi) is 7.88. The zero-order chi connectivity index (χ0) is 29.4. The van der Waals surface area contributed by atoms with Crippen LogP contribution in [-0.4, -0.2) is 89.4 Å². The molecule has 0 unspecified atom stereocenters. The monoisotopic (exact) mass is 581 g/mol. The number of fused-ring (bicyclic) bond motifs is 2. The fraction of sp³-hybridized carbons (Fsp3) is 0.304. The highest BCUT2D eigenvalue weighted by Crippen LogP contribution is 2.28. The van der Waals surface area contributed by atoms with E-state index in [4.69, 9.17) is 36.3 Å². The number of aromatic nitrogens is 4. The molecule has 15 nitrogen and oxygen atoms in total. The van der Waals surface area contributed by atoms with Crippen molar-refractivity contribution in [2.45, 2.75) is 30.5 Å². The van der Waals surface area contributed by atoms with Crippen LogP contribution in [0.3, 0.4) is 0 Å². The molecule has 4 aromatic rings. The van der Waals surface area contributed by atoms with Gasteiger partial charge in [-0.1, -0.05) is 6.07 Å². The first-order chi connectivity index (χ1) is 18.9. The number of aliphatic carboxylic acids is 2. The number of aliphatic hydroxyl groups excluding tert-OH is 1. The van der Waals surface area contributed by atoms with Gasteiger partial charge in [-0.05, 0) is 35.4 Å². The molecule has 0 saturated carbocycles. The number of methoxy groups -OCH3 is 1. The quantitative estimate of drug-likeness (QED) is 0.118. The number of alkyl halides is 1. The summed E-state index contributed by atoms with van der Waals surface area (Å²) in [6, 6.07) is 5.22. The average Bonchev–Trinajstić information content (AvgIpc) is 3.51.